The molecule has 316 valence electrons. The van der Waals surface area contributed by atoms with Gasteiger partial charge in [0, 0.05) is 34.9 Å². The van der Waals surface area contributed by atoms with E-state index in [0.717, 1.165) is 0 Å². The lowest BCUT2D eigenvalue weighted by atomic mass is 10.2. The van der Waals surface area contributed by atoms with E-state index in [4.69, 9.17) is 48.1 Å². The molecule has 0 saturated heterocycles. The SMILES string of the molecule is CCOC(=O)c1cc2cc(Br)c(O)cc2oc1=O.CCOC=C(C#COOCC)OOCC.COc1cc2oc(=O)c(C(=O)O)cc2cc1Br.Oc1ccc(Br)c(O)c1. The van der Waals surface area contributed by atoms with E-state index in [9.17, 15) is 24.3 Å². The molecule has 0 aliphatic heterocycles. The molecular weight excluding hydrogens is 980 g/mol. The van der Waals surface area contributed by atoms with Crippen molar-refractivity contribution < 1.29 is 72.6 Å². The molecule has 5 rings (SSSR count). The lowest BCUT2D eigenvalue weighted by Crippen LogP contribution is -2.16. The third-order valence-electron chi connectivity index (χ3n) is 6.48. The van der Waals surface area contributed by atoms with Gasteiger partial charge in [0.2, 0.25) is 0 Å². The second kappa shape index (κ2) is 25.6. The van der Waals surface area contributed by atoms with E-state index in [2.05, 4.69) is 69.6 Å². The second-order valence-corrected chi connectivity index (χ2v) is 13.1. The molecule has 0 unspecified atom stereocenters. The largest absolute Gasteiger partial charge is 0.508 e. The summed E-state index contributed by atoms with van der Waals surface area (Å²) in [6.45, 7) is 8.61. The molecule has 0 spiro atoms. The average molecular weight is 1020 g/mol. The Bertz CT molecular complexity index is 2410. The fourth-order valence-corrected chi connectivity index (χ4v) is 5.05. The number of carbonyl (C=O) groups is 2. The normalized spacial score (nSPS) is 10.3. The molecule has 0 bridgehead atoms. The number of aromatic carboxylic acids is 1. The molecule has 0 aliphatic rings. The molecule has 5 aromatic rings. The quantitative estimate of drug-likeness (QED) is 0.0185. The molecular formula is C39H37Br3O17. The summed E-state index contributed by atoms with van der Waals surface area (Å²) in [5.74, 6) is 1.27. The Hall–Kier alpha value is -5.72. The summed E-state index contributed by atoms with van der Waals surface area (Å²) in [6, 6.07) is 13.0. The highest BCUT2D eigenvalue weighted by Crippen LogP contribution is 2.31. The van der Waals surface area contributed by atoms with Crippen LogP contribution in [0.1, 0.15) is 48.4 Å². The predicted molar refractivity (Wildman–Crippen MR) is 222 cm³/mol. The van der Waals surface area contributed by atoms with E-state index in [-0.39, 0.29) is 46.3 Å². The van der Waals surface area contributed by atoms with Crippen molar-refractivity contribution in [3.8, 4) is 35.0 Å². The Balaban J connectivity index is 0.000000278. The van der Waals surface area contributed by atoms with Gasteiger partial charge in [-0.05, 0) is 112 Å². The molecule has 2 heterocycles. The molecule has 0 aliphatic carbocycles. The summed E-state index contributed by atoms with van der Waals surface area (Å²) >= 11 is 9.47. The van der Waals surface area contributed by atoms with E-state index in [1.807, 2.05) is 6.92 Å². The highest BCUT2D eigenvalue weighted by Gasteiger charge is 2.16. The average Bonchev–Trinajstić information content (AvgIpc) is 3.19. The zero-order valence-corrected chi connectivity index (χ0v) is 36.6. The molecule has 0 fully saturated rings. The van der Waals surface area contributed by atoms with Crippen LogP contribution in [0, 0.1) is 12.0 Å². The fraction of sp³-hybridized carbons (Fsp3) is 0.231. The Morgan fingerprint density at radius 3 is 1.88 bits per heavy atom. The molecule has 0 radical (unpaired) electrons. The first kappa shape index (κ1) is 49.4. The van der Waals surface area contributed by atoms with Crippen LogP contribution < -0.4 is 16.0 Å². The van der Waals surface area contributed by atoms with Gasteiger partial charge in [-0.1, -0.05) is 0 Å². The first-order chi connectivity index (χ1) is 28.1. The Morgan fingerprint density at radius 1 is 0.729 bits per heavy atom. The number of carboxylic acids is 1. The van der Waals surface area contributed by atoms with Gasteiger partial charge in [0.05, 0.1) is 47.0 Å². The standard InChI is InChI=1S/C12H9BrO5.C11H7BrO5.C10H16O5.C6H5BrO2/c1-2-17-11(15)7-3-6-4-8(13)9(14)5-10(6)18-12(7)16;1-16-9-4-8-5(3-7(9)12)2-6(10(13)14)11(15)17-8;1-4-11-9-10(15-13-6-3)7-8-14-12-5-2;7-5-2-1-4(8)3-6(5)9/h3-5,14H,2H2,1H3;2-4H,1H3,(H,13,14);9H,4-6H2,1-3H3;1-3,8-9H. The smallest absolute Gasteiger partial charge is 0.351 e. The van der Waals surface area contributed by atoms with Crippen LogP contribution in [-0.2, 0) is 29.0 Å². The van der Waals surface area contributed by atoms with Crippen LogP contribution in [0.4, 0.5) is 0 Å². The number of aromatic hydroxyl groups is 3. The number of methoxy groups -OCH3 is 1. The van der Waals surface area contributed by atoms with E-state index in [0.29, 0.717) is 49.8 Å². The maximum absolute atomic E-state index is 11.6. The summed E-state index contributed by atoms with van der Waals surface area (Å²) in [5, 5.41) is 36.9. The summed E-state index contributed by atoms with van der Waals surface area (Å²) in [5.41, 5.74) is -1.75. The van der Waals surface area contributed by atoms with Gasteiger partial charge in [-0.3, -0.25) is 4.89 Å². The topological polar surface area (TPSA) is 240 Å². The maximum Gasteiger partial charge on any atom is 0.351 e. The van der Waals surface area contributed by atoms with Crippen molar-refractivity contribution in [3.63, 3.8) is 0 Å². The van der Waals surface area contributed by atoms with Gasteiger partial charge in [0.1, 0.15) is 51.6 Å². The van der Waals surface area contributed by atoms with Gasteiger partial charge < -0.3 is 48.4 Å². The molecule has 0 saturated carbocycles. The third-order valence-corrected chi connectivity index (χ3v) is 8.41. The third kappa shape index (κ3) is 16.2. The van der Waals surface area contributed by atoms with Gasteiger partial charge in [-0.25, -0.2) is 19.2 Å². The first-order valence-corrected chi connectivity index (χ1v) is 19.2. The zero-order chi connectivity index (χ0) is 44.1. The van der Waals surface area contributed by atoms with Crippen molar-refractivity contribution in [2.45, 2.75) is 27.7 Å². The van der Waals surface area contributed by atoms with Crippen LogP contribution >= 0.6 is 47.8 Å². The Kier molecular flexibility index (Phi) is 21.4. The van der Waals surface area contributed by atoms with Gasteiger partial charge >= 0.3 is 23.2 Å². The number of benzene rings is 3. The number of allylic oxidation sites excluding steroid dienone is 1. The minimum Gasteiger partial charge on any atom is -0.508 e. The predicted octanol–water partition coefficient (Wildman–Crippen LogP) is 8.32. The minimum atomic E-state index is -1.31. The highest BCUT2D eigenvalue weighted by molar-refractivity contribution is 9.11. The molecule has 2 aromatic heterocycles. The van der Waals surface area contributed by atoms with Crippen molar-refractivity contribution in [2.75, 3.05) is 33.5 Å². The van der Waals surface area contributed by atoms with Crippen molar-refractivity contribution in [1.29, 1.82) is 0 Å². The lowest BCUT2D eigenvalue weighted by Gasteiger charge is -2.04. The van der Waals surface area contributed by atoms with Crippen molar-refractivity contribution in [2.24, 2.45) is 0 Å². The van der Waals surface area contributed by atoms with Crippen molar-refractivity contribution in [1.82, 2.24) is 0 Å². The van der Waals surface area contributed by atoms with Gasteiger partial charge in [-0.15, -0.1) is 0 Å². The summed E-state index contributed by atoms with van der Waals surface area (Å²) in [6.07, 6.45) is 3.62. The summed E-state index contributed by atoms with van der Waals surface area (Å²) in [4.78, 5) is 63.8. The van der Waals surface area contributed by atoms with Gasteiger partial charge in [0.15, 0.2) is 6.11 Å². The number of fused-ring (bicyclic) bond motifs is 2. The van der Waals surface area contributed by atoms with E-state index >= 15 is 0 Å². The van der Waals surface area contributed by atoms with Crippen LogP contribution in [0.15, 0.2) is 98.5 Å². The van der Waals surface area contributed by atoms with Crippen molar-refractivity contribution >= 4 is 81.7 Å². The number of rotatable bonds is 11. The molecule has 0 amide bonds. The number of esters is 1. The number of carbonyl (C=O) groups excluding carboxylic acids is 1. The van der Waals surface area contributed by atoms with Crippen LogP contribution in [0.25, 0.3) is 21.9 Å². The zero-order valence-electron chi connectivity index (χ0n) is 31.8. The van der Waals surface area contributed by atoms with Crippen LogP contribution in [-0.4, -0.2) is 65.9 Å². The number of hydrogen-bond acceptors (Lipinski definition) is 16. The minimum absolute atomic E-state index is 0.0467. The monoisotopic (exact) mass is 1010 g/mol. The van der Waals surface area contributed by atoms with E-state index < -0.39 is 28.8 Å². The molecule has 59 heavy (non-hydrogen) atoms. The second-order valence-electron chi connectivity index (χ2n) is 10.6. The number of carboxylic acid groups (broad SMARTS) is 1. The van der Waals surface area contributed by atoms with Gasteiger partial charge in [0.25, 0.3) is 5.76 Å². The molecule has 0 atom stereocenters. The fourth-order valence-electron chi connectivity index (χ4n) is 3.92. The van der Waals surface area contributed by atoms with Gasteiger partial charge in [-0.2, -0.15) is 9.78 Å². The first-order valence-electron chi connectivity index (χ1n) is 16.9. The molecule has 4 N–H and O–H groups in total. The Morgan fingerprint density at radius 2 is 1.32 bits per heavy atom. The number of phenolic OH excluding ortho intramolecular Hbond substituents is 3. The molecule has 17 nitrogen and oxygen atoms in total. The number of phenols is 3. The van der Waals surface area contributed by atoms with Crippen LogP contribution in [0.5, 0.6) is 23.0 Å². The number of ether oxygens (including phenoxy) is 3. The van der Waals surface area contributed by atoms with E-state index in [1.54, 1.807) is 39.0 Å². The maximum atomic E-state index is 11.6. The molecule has 20 heteroatoms. The van der Waals surface area contributed by atoms with Crippen molar-refractivity contribution in [3.05, 3.63) is 112 Å². The summed E-state index contributed by atoms with van der Waals surface area (Å²) in [7, 11) is 1.48. The lowest BCUT2D eigenvalue weighted by molar-refractivity contribution is -0.255. The Labute approximate surface area is 360 Å². The highest BCUT2D eigenvalue weighted by atomic mass is 79.9. The number of halogens is 3. The number of hydrogen-bond donors (Lipinski definition) is 4. The molecule has 3 aromatic carbocycles. The van der Waals surface area contributed by atoms with Crippen LogP contribution in [0.3, 0.4) is 0 Å². The van der Waals surface area contributed by atoms with E-state index in [1.165, 1.54) is 49.8 Å². The van der Waals surface area contributed by atoms with Crippen LogP contribution in [0.2, 0.25) is 0 Å². The summed E-state index contributed by atoms with van der Waals surface area (Å²) < 4.78 is 26.3.